The molecule has 11 heteroatoms. The molecule has 2 aromatic carbocycles. The Hall–Kier alpha value is -3.25. The van der Waals surface area contributed by atoms with Crippen LogP contribution in [0.5, 0.6) is 0 Å². The molecule has 0 radical (unpaired) electrons. The van der Waals surface area contributed by atoms with E-state index in [1.54, 1.807) is 12.1 Å². The number of nitrogens with one attached hydrogen (secondary N) is 2. The molecular formula is C24H26N4O6S. The van der Waals surface area contributed by atoms with E-state index in [4.69, 9.17) is 14.6 Å². The number of thioether (sulfide) groups is 1. The third-order valence-electron chi connectivity index (χ3n) is 5.45. The molecule has 1 aromatic heterocycles. The summed E-state index contributed by atoms with van der Waals surface area (Å²) >= 11 is 1.52. The highest BCUT2D eigenvalue weighted by atomic mass is 32.2. The molecule has 1 aliphatic rings. The van der Waals surface area contributed by atoms with Crippen LogP contribution in [-0.2, 0) is 25.7 Å². The van der Waals surface area contributed by atoms with E-state index in [1.165, 1.54) is 18.1 Å². The Morgan fingerprint density at radius 1 is 1.06 bits per heavy atom. The highest BCUT2D eigenvalue weighted by Gasteiger charge is 2.32. The average molecular weight is 499 g/mol. The number of carboxylic acid groups (broad SMARTS) is 1. The maximum absolute atomic E-state index is 11.9. The standard InChI is InChI=1S/C24H26N4O6S/c29-12-15-1-3-16(4-2-15)20-11-19(13-35-24-25-14-26-28-24)33-23(34-20)17-5-7-18(8-6-17)27-21(30)9-10-22(31)32/h1-8,14,19-20,23,29H,9-13H2,(H,27,30)(H,31,32)(H,25,26,28)/t19-,20+,23+/m1/s1. The molecule has 0 bridgehead atoms. The normalized spacial score (nSPS) is 19.9. The Balaban J connectivity index is 1.45. The van der Waals surface area contributed by atoms with Crippen LogP contribution < -0.4 is 5.32 Å². The summed E-state index contributed by atoms with van der Waals surface area (Å²) < 4.78 is 12.6. The van der Waals surface area contributed by atoms with Crippen molar-refractivity contribution < 1.29 is 29.3 Å². The molecule has 10 nitrogen and oxygen atoms in total. The van der Waals surface area contributed by atoms with Gasteiger partial charge in [-0.25, -0.2) is 4.98 Å². The summed E-state index contributed by atoms with van der Waals surface area (Å²) in [5.74, 6) is -0.724. The van der Waals surface area contributed by atoms with Gasteiger partial charge in [0, 0.05) is 29.8 Å². The van der Waals surface area contributed by atoms with Crippen LogP contribution in [0.3, 0.4) is 0 Å². The summed E-state index contributed by atoms with van der Waals surface area (Å²) in [6.45, 7) is -0.0207. The second-order valence-corrected chi connectivity index (χ2v) is 9.02. The fourth-order valence-corrected chi connectivity index (χ4v) is 4.42. The molecule has 4 rings (SSSR count). The summed E-state index contributed by atoms with van der Waals surface area (Å²) in [6.07, 6.45) is 0.842. The Labute approximate surface area is 206 Å². The highest BCUT2D eigenvalue weighted by Crippen LogP contribution is 2.39. The number of hydrogen-bond acceptors (Lipinski definition) is 8. The quantitative estimate of drug-likeness (QED) is 0.309. The number of amides is 1. The lowest BCUT2D eigenvalue weighted by Gasteiger charge is -2.36. The first kappa shape index (κ1) is 24.9. The van der Waals surface area contributed by atoms with Crippen LogP contribution >= 0.6 is 11.8 Å². The molecule has 0 spiro atoms. The zero-order valence-corrected chi connectivity index (χ0v) is 19.6. The fourth-order valence-electron chi connectivity index (χ4n) is 3.63. The third-order valence-corrected chi connectivity index (χ3v) is 6.45. The van der Waals surface area contributed by atoms with Gasteiger partial charge in [0.05, 0.1) is 25.2 Å². The van der Waals surface area contributed by atoms with Crippen LogP contribution in [0, 0.1) is 0 Å². The first-order chi connectivity index (χ1) is 17.0. The molecule has 1 fully saturated rings. The van der Waals surface area contributed by atoms with Gasteiger partial charge >= 0.3 is 5.97 Å². The molecule has 184 valence electrons. The van der Waals surface area contributed by atoms with Crippen molar-refractivity contribution in [2.24, 2.45) is 0 Å². The smallest absolute Gasteiger partial charge is 0.303 e. The average Bonchev–Trinajstić information content (AvgIpc) is 3.40. The number of rotatable bonds is 10. The van der Waals surface area contributed by atoms with Gasteiger partial charge in [0.1, 0.15) is 6.33 Å². The van der Waals surface area contributed by atoms with Gasteiger partial charge in [-0.3, -0.25) is 14.7 Å². The lowest BCUT2D eigenvalue weighted by Crippen LogP contribution is -2.31. The van der Waals surface area contributed by atoms with E-state index in [1.807, 2.05) is 36.4 Å². The van der Waals surface area contributed by atoms with E-state index in [0.29, 0.717) is 23.0 Å². The predicted octanol–water partition coefficient (Wildman–Crippen LogP) is 3.44. The zero-order chi connectivity index (χ0) is 24.6. The van der Waals surface area contributed by atoms with Gasteiger partial charge in [-0.15, -0.1) is 0 Å². The Kier molecular flexibility index (Phi) is 8.48. The molecule has 0 aliphatic carbocycles. The van der Waals surface area contributed by atoms with E-state index in [-0.39, 0.29) is 37.6 Å². The maximum Gasteiger partial charge on any atom is 0.303 e. The van der Waals surface area contributed by atoms with Crippen LogP contribution in [-0.4, -0.2) is 49.1 Å². The minimum Gasteiger partial charge on any atom is -0.481 e. The maximum atomic E-state index is 11.9. The Morgan fingerprint density at radius 2 is 1.80 bits per heavy atom. The van der Waals surface area contributed by atoms with E-state index >= 15 is 0 Å². The molecular weight excluding hydrogens is 472 g/mol. The molecule has 1 saturated heterocycles. The number of aromatic amines is 1. The number of carbonyl (C=O) groups is 2. The van der Waals surface area contributed by atoms with Gasteiger partial charge < -0.3 is 25.0 Å². The van der Waals surface area contributed by atoms with Gasteiger partial charge in [0.15, 0.2) is 11.4 Å². The van der Waals surface area contributed by atoms with Crippen LogP contribution in [0.1, 0.15) is 48.3 Å². The summed E-state index contributed by atoms with van der Waals surface area (Å²) in [7, 11) is 0. The second-order valence-electron chi connectivity index (χ2n) is 8.02. The number of nitrogens with zero attached hydrogens (tertiary/aromatic N) is 2. The number of benzene rings is 2. The number of aliphatic hydroxyl groups is 1. The van der Waals surface area contributed by atoms with Crippen molar-refractivity contribution in [1.82, 2.24) is 15.2 Å². The van der Waals surface area contributed by atoms with Crippen LogP contribution in [0.4, 0.5) is 5.69 Å². The molecule has 4 N–H and O–H groups in total. The molecule has 3 aromatic rings. The van der Waals surface area contributed by atoms with Crippen LogP contribution in [0.25, 0.3) is 0 Å². The monoisotopic (exact) mass is 498 g/mol. The van der Waals surface area contributed by atoms with Crippen molar-refractivity contribution in [2.75, 3.05) is 11.1 Å². The first-order valence-corrected chi connectivity index (χ1v) is 12.1. The van der Waals surface area contributed by atoms with Gasteiger partial charge in [-0.1, -0.05) is 48.2 Å². The van der Waals surface area contributed by atoms with E-state index in [9.17, 15) is 14.7 Å². The highest BCUT2D eigenvalue weighted by molar-refractivity contribution is 7.99. The Morgan fingerprint density at radius 3 is 2.46 bits per heavy atom. The van der Waals surface area contributed by atoms with Gasteiger partial charge in [0.25, 0.3) is 0 Å². The molecule has 35 heavy (non-hydrogen) atoms. The number of H-pyrrole nitrogens is 1. The van der Waals surface area contributed by atoms with E-state index < -0.39 is 12.3 Å². The largest absolute Gasteiger partial charge is 0.481 e. The van der Waals surface area contributed by atoms with Crippen LogP contribution in [0.2, 0.25) is 0 Å². The summed E-state index contributed by atoms with van der Waals surface area (Å²) in [6, 6.07) is 14.8. The Bertz CT molecular complexity index is 1110. The summed E-state index contributed by atoms with van der Waals surface area (Å²) in [5.41, 5.74) is 3.18. The van der Waals surface area contributed by atoms with Gasteiger partial charge in [-0.05, 0) is 23.3 Å². The van der Waals surface area contributed by atoms with Gasteiger partial charge in [0.2, 0.25) is 5.91 Å². The number of aliphatic carboxylic acids is 1. The van der Waals surface area contributed by atoms with Gasteiger partial charge in [-0.2, -0.15) is 5.10 Å². The summed E-state index contributed by atoms with van der Waals surface area (Å²) in [5, 5.41) is 28.2. The first-order valence-electron chi connectivity index (χ1n) is 11.1. The lowest BCUT2D eigenvalue weighted by atomic mass is 10.0. The molecule has 3 atom stereocenters. The topological polar surface area (TPSA) is 147 Å². The number of carbonyl (C=O) groups excluding carboxylic acids is 1. The van der Waals surface area contributed by atoms with Crippen molar-refractivity contribution in [1.29, 1.82) is 0 Å². The van der Waals surface area contributed by atoms with Crippen molar-refractivity contribution in [2.45, 2.75) is 49.5 Å². The van der Waals surface area contributed by atoms with Crippen molar-refractivity contribution in [3.8, 4) is 0 Å². The number of ether oxygens (including phenoxy) is 2. The molecule has 0 saturated carbocycles. The number of aliphatic hydroxyl groups excluding tert-OH is 1. The second kappa shape index (κ2) is 11.9. The third kappa shape index (κ3) is 7.12. The zero-order valence-electron chi connectivity index (χ0n) is 18.8. The van der Waals surface area contributed by atoms with Crippen molar-refractivity contribution in [3.63, 3.8) is 0 Å². The SMILES string of the molecule is O=C(O)CCC(=O)Nc1ccc([C@H]2O[C@@H](CSc3ncn[nH]3)C[C@@H](c3ccc(CO)cc3)O2)cc1. The number of hydrogen-bond donors (Lipinski definition) is 4. The lowest BCUT2D eigenvalue weighted by molar-refractivity contribution is -0.245. The molecule has 1 amide bonds. The van der Waals surface area contributed by atoms with E-state index in [2.05, 4.69) is 20.5 Å². The predicted molar refractivity (Wildman–Crippen MR) is 127 cm³/mol. The molecule has 0 unspecified atom stereocenters. The van der Waals surface area contributed by atoms with Crippen molar-refractivity contribution >= 4 is 29.3 Å². The minimum atomic E-state index is -1.02. The van der Waals surface area contributed by atoms with E-state index in [0.717, 1.165) is 16.7 Å². The van der Waals surface area contributed by atoms with Crippen molar-refractivity contribution in [3.05, 3.63) is 71.5 Å². The molecule has 1 aliphatic heterocycles. The number of aromatic nitrogens is 3. The van der Waals surface area contributed by atoms with Crippen LogP contribution in [0.15, 0.2) is 60.0 Å². The minimum absolute atomic E-state index is 0.0207. The fraction of sp³-hybridized carbons (Fsp3) is 0.333. The number of anilines is 1. The number of carboxylic acids is 1. The summed E-state index contributed by atoms with van der Waals surface area (Å²) in [4.78, 5) is 26.7. The molecule has 2 heterocycles.